The van der Waals surface area contributed by atoms with Crippen LogP contribution < -0.4 is 0 Å². The number of aromatic nitrogens is 4. The number of carbonyl (C=O) groups is 1. The Morgan fingerprint density at radius 1 is 1.00 bits per heavy atom. The number of hydrogen-bond donors (Lipinski definition) is 2. The minimum Gasteiger partial charge on any atom is -0.481 e. The molecule has 0 unspecified atom stereocenters. The fourth-order valence-corrected chi connectivity index (χ4v) is 7.07. The summed E-state index contributed by atoms with van der Waals surface area (Å²) in [4.78, 5) is 31.0. The lowest BCUT2D eigenvalue weighted by molar-refractivity contribution is -0.137. The molecule has 2 saturated heterocycles. The summed E-state index contributed by atoms with van der Waals surface area (Å²) in [6.07, 6.45) is 14.7. The van der Waals surface area contributed by atoms with E-state index < -0.39 is 5.97 Å². The second-order valence-electron chi connectivity index (χ2n) is 12.5. The van der Waals surface area contributed by atoms with Gasteiger partial charge in [-0.2, -0.15) is 0 Å². The first kappa shape index (κ1) is 30.4. The number of carboxylic acids is 1. The number of aliphatic carboxylic acids is 1. The topological polar surface area (TPSA) is 93.5 Å². The maximum atomic E-state index is 11.0. The van der Waals surface area contributed by atoms with Crippen LogP contribution in [0.3, 0.4) is 0 Å². The van der Waals surface area contributed by atoms with Crippen LogP contribution in [0.4, 0.5) is 0 Å². The minimum absolute atomic E-state index is 0.162. The third-order valence-electron chi connectivity index (χ3n) is 9.55. The minimum atomic E-state index is -0.762. The van der Waals surface area contributed by atoms with E-state index in [0.29, 0.717) is 31.5 Å². The number of H-pyrrole nitrogens is 1. The summed E-state index contributed by atoms with van der Waals surface area (Å²) in [7, 11) is 0. The lowest BCUT2D eigenvalue weighted by Crippen LogP contribution is -2.45. The van der Waals surface area contributed by atoms with Crippen LogP contribution in [-0.4, -0.2) is 77.5 Å². The summed E-state index contributed by atoms with van der Waals surface area (Å²) < 4.78 is 2.07. The van der Waals surface area contributed by atoms with Crippen LogP contribution in [0.2, 0.25) is 0 Å². The smallest absolute Gasteiger partial charge is 0.303 e. The summed E-state index contributed by atoms with van der Waals surface area (Å²) in [5, 5.41) is 9.02. The molecule has 2 aliphatic heterocycles. The molecule has 2 fully saturated rings. The molecule has 9 nitrogen and oxygen atoms in total. The van der Waals surface area contributed by atoms with Gasteiger partial charge >= 0.3 is 5.97 Å². The van der Waals surface area contributed by atoms with E-state index >= 15 is 0 Å². The number of aromatic amines is 1. The zero-order valence-electron chi connectivity index (χ0n) is 25.5. The lowest BCUT2D eigenvalue weighted by Gasteiger charge is -2.42. The van der Waals surface area contributed by atoms with Gasteiger partial charge in [0.15, 0.2) is 0 Å². The highest BCUT2D eigenvalue weighted by Gasteiger charge is 2.41. The molecule has 228 valence electrons. The molecule has 0 aliphatic carbocycles. The summed E-state index contributed by atoms with van der Waals surface area (Å²) in [6, 6.07) is 9.90. The fraction of sp³-hybridized carbons (Fsp3) is 0.606. The van der Waals surface area contributed by atoms with Gasteiger partial charge in [0.05, 0.1) is 13.1 Å². The van der Waals surface area contributed by atoms with E-state index in [0.717, 1.165) is 30.8 Å². The number of benzene rings is 1. The number of rotatable bonds is 15. The van der Waals surface area contributed by atoms with Crippen LogP contribution in [0.25, 0.3) is 0 Å². The van der Waals surface area contributed by atoms with Crippen molar-refractivity contribution in [2.75, 3.05) is 26.2 Å². The van der Waals surface area contributed by atoms with Gasteiger partial charge in [-0.25, -0.2) is 9.97 Å². The Balaban J connectivity index is 1.16. The highest BCUT2D eigenvalue weighted by Crippen LogP contribution is 2.41. The molecule has 42 heavy (non-hydrogen) atoms. The Labute approximate surface area is 251 Å². The van der Waals surface area contributed by atoms with Crippen LogP contribution in [0.15, 0.2) is 49.1 Å². The molecule has 1 spiro atoms. The van der Waals surface area contributed by atoms with Crippen LogP contribution in [0.5, 0.6) is 0 Å². The first-order chi connectivity index (χ1) is 20.4. The van der Waals surface area contributed by atoms with E-state index in [1.807, 2.05) is 12.4 Å². The molecule has 4 heterocycles. The van der Waals surface area contributed by atoms with Crippen molar-refractivity contribution in [1.82, 2.24) is 34.2 Å². The highest BCUT2D eigenvalue weighted by molar-refractivity contribution is 5.66. The molecular formula is C33H49N7O2. The number of nitrogens with zero attached hydrogens (tertiary/aromatic N) is 6. The van der Waals surface area contributed by atoms with Crippen LogP contribution >= 0.6 is 0 Å². The number of hydrogen-bond acceptors (Lipinski definition) is 6. The molecule has 0 radical (unpaired) electrons. The largest absolute Gasteiger partial charge is 0.481 e. The van der Waals surface area contributed by atoms with Crippen molar-refractivity contribution < 1.29 is 9.90 Å². The fourth-order valence-electron chi connectivity index (χ4n) is 7.07. The number of aryl methyl sites for hydroxylation is 1. The van der Waals surface area contributed by atoms with Crippen molar-refractivity contribution in [3.05, 3.63) is 71.8 Å². The van der Waals surface area contributed by atoms with Crippen molar-refractivity contribution in [1.29, 1.82) is 0 Å². The summed E-state index contributed by atoms with van der Waals surface area (Å²) in [5.74, 6) is 1.10. The molecule has 3 aromatic rings. The van der Waals surface area contributed by atoms with Gasteiger partial charge in [0.1, 0.15) is 11.6 Å². The molecule has 1 aromatic carbocycles. The van der Waals surface area contributed by atoms with E-state index in [1.54, 1.807) is 12.4 Å². The Morgan fingerprint density at radius 2 is 1.74 bits per heavy atom. The van der Waals surface area contributed by atoms with Crippen LogP contribution in [0.1, 0.15) is 81.6 Å². The molecule has 2 aliphatic rings. The van der Waals surface area contributed by atoms with Crippen molar-refractivity contribution in [2.45, 2.75) is 97.6 Å². The van der Waals surface area contributed by atoms with Gasteiger partial charge in [0.25, 0.3) is 0 Å². The second-order valence-corrected chi connectivity index (χ2v) is 12.5. The Hall–Kier alpha value is -3.01. The quantitative estimate of drug-likeness (QED) is 0.259. The SMILES string of the molecule is CCC(CC)N1CCC2(CCN(Cc3ccc(CN(Cc4ncc[nH]4)Cc4nccn4CCCC(=O)O)cc3)C2)CC1. The van der Waals surface area contributed by atoms with Gasteiger partial charge in [-0.1, -0.05) is 38.1 Å². The molecule has 0 atom stereocenters. The Bertz CT molecular complexity index is 1230. The van der Waals surface area contributed by atoms with Gasteiger partial charge in [0.2, 0.25) is 0 Å². The average Bonchev–Trinajstić information content (AvgIpc) is 3.74. The van der Waals surface area contributed by atoms with Crippen LogP contribution in [0, 0.1) is 5.41 Å². The van der Waals surface area contributed by atoms with Gasteiger partial charge < -0.3 is 19.6 Å². The Kier molecular flexibility index (Phi) is 10.5. The third kappa shape index (κ3) is 8.08. The number of piperidine rings is 1. The van der Waals surface area contributed by atoms with E-state index in [1.165, 1.54) is 69.4 Å². The number of imidazole rings is 2. The zero-order chi connectivity index (χ0) is 29.4. The molecule has 0 saturated carbocycles. The monoisotopic (exact) mass is 575 g/mol. The predicted molar refractivity (Wildman–Crippen MR) is 165 cm³/mol. The number of nitrogens with one attached hydrogen (secondary N) is 1. The first-order valence-electron chi connectivity index (χ1n) is 15.9. The van der Waals surface area contributed by atoms with Gasteiger partial charge in [-0.15, -0.1) is 0 Å². The molecule has 2 aromatic heterocycles. The molecule has 0 amide bonds. The third-order valence-corrected chi connectivity index (χ3v) is 9.55. The summed E-state index contributed by atoms with van der Waals surface area (Å²) in [5.41, 5.74) is 3.17. The lowest BCUT2D eigenvalue weighted by atomic mass is 9.77. The normalized spacial score (nSPS) is 17.6. The van der Waals surface area contributed by atoms with Crippen molar-refractivity contribution in [3.8, 4) is 0 Å². The maximum absolute atomic E-state index is 11.0. The number of likely N-dealkylation sites (tertiary alicyclic amines) is 2. The predicted octanol–water partition coefficient (Wildman–Crippen LogP) is 5.15. The van der Waals surface area contributed by atoms with Crippen molar-refractivity contribution in [3.63, 3.8) is 0 Å². The van der Waals surface area contributed by atoms with E-state index in [9.17, 15) is 4.79 Å². The standard InChI is InChI=1S/C33H49N7O2/c1-3-29(4-2)39-19-12-33(13-20-39)11-18-37(26-33)22-27-7-9-28(10-8-27)23-38(24-30-34-14-15-35-30)25-31-36-16-21-40(31)17-5-6-32(41)42/h7-10,14-16,21,29H,3-6,11-13,17-20,22-26H2,1-2H3,(H,34,35)(H,41,42). The maximum Gasteiger partial charge on any atom is 0.303 e. The molecule has 2 N–H and O–H groups in total. The van der Waals surface area contributed by atoms with Crippen molar-refractivity contribution in [2.24, 2.45) is 5.41 Å². The van der Waals surface area contributed by atoms with Gasteiger partial charge in [-0.3, -0.25) is 14.6 Å². The summed E-state index contributed by atoms with van der Waals surface area (Å²) >= 11 is 0. The molecule has 0 bridgehead atoms. The summed E-state index contributed by atoms with van der Waals surface area (Å²) in [6.45, 7) is 13.5. The molecular weight excluding hydrogens is 526 g/mol. The van der Waals surface area contributed by atoms with E-state index in [4.69, 9.17) is 5.11 Å². The van der Waals surface area contributed by atoms with Gasteiger partial charge in [-0.05, 0) is 74.7 Å². The highest BCUT2D eigenvalue weighted by atomic mass is 16.4. The zero-order valence-corrected chi connectivity index (χ0v) is 25.5. The Morgan fingerprint density at radius 3 is 2.43 bits per heavy atom. The van der Waals surface area contributed by atoms with Crippen molar-refractivity contribution >= 4 is 5.97 Å². The molecule has 9 heteroatoms. The first-order valence-corrected chi connectivity index (χ1v) is 15.9. The number of carboxylic acid groups (broad SMARTS) is 1. The van der Waals surface area contributed by atoms with E-state index in [2.05, 4.69) is 72.3 Å². The second kappa shape index (κ2) is 14.4. The van der Waals surface area contributed by atoms with Crippen LogP contribution in [-0.2, 0) is 37.5 Å². The average molecular weight is 576 g/mol. The molecule has 5 rings (SSSR count). The van der Waals surface area contributed by atoms with E-state index in [-0.39, 0.29) is 6.42 Å². The van der Waals surface area contributed by atoms with Gasteiger partial charge in [0, 0.05) is 63.4 Å².